The van der Waals surface area contributed by atoms with Gasteiger partial charge in [-0.2, -0.15) is 0 Å². The summed E-state index contributed by atoms with van der Waals surface area (Å²) in [6.45, 7) is 3.60. The average Bonchev–Trinajstić information content (AvgIpc) is 2.85. The lowest BCUT2D eigenvalue weighted by Gasteiger charge is -2.07. The monoisotopic (exact) mass is 248 g/mol. The summed E-state index contributed by atoms with van der Waals surface area (Å²) in [7, 11) is 1.57. The number of nitrogens with zero attached hydrogens (tertiary/aromatic N) is 5. The van der Waals surface area contributed by atoms with Gasteiger partial charge in [-0.3, -0.25) is 0 Å². The Bertz CT molecular complexity index is 498. The van der Waals surface area contributed by atoms with Crippen molar-refractivity contribution in [2.45, 2.75) is 26.4 Å². The number of aryl methyl sites for hydroxylation is 1. The third kappa shape index (κ3) is 2.93. The van der Waals surface area contributed by atoms with E-state index in [4.69, 9.17) is 4.74 Å². The molecule has 0 aromatic carbocycles. The topological polar surface area (TPSA) is 77.8 Å². The smallest absolute Gasteiger partial charge is 0.218 e. The van der Waals surface area contributed by atoms with Gasteiger partial charge in [-0.1, -0.05) is 6.92 Å². The van der Waals surface area contributed by atoms with Crippen LogP contribution in [0.4, 0.5) is 5.82 Å². The van der Waals surface area contributed by atoms with Crippen molar-refractivity contribution in [3.8, 4) is 5.88 Å². The molecule has 2 aromatic rings. The summed E-state index contributed by atoms with van der Waals surface area (Å²) in [6.07, 6.45) is 4.24. The molecule has 0 radical (unpaired) electrons. The molecule has 0 spiro atoms. The minimum Gasteiger partial charge on any atom is -0.481 e. The number of hydrogen-bond donors (Lipinski definition) is 1. The van der Waals surface area contributed by atoms with Gasteiger partial charge in [-0.25, -0.2) is 9.97 Å². The zero-order valence-corrected chi connectivity index (χ0v) is 10.5. The van der Waals surface area contributed by atoms with Crippen molar-refractivity contribution in [1.82, 2.24) is 24.7 Å². The van der Waals surface area contributed by atoms with Gasteiger partial charge in [0.05, 0.1) is 13.7 Å². The number of nitrogens with one attached hydrogen (secondary N) is 1. The number of anilines is 1. The molecule has 0 amide bonds. The van der Waals surface area contributed by atoms with Gasteiger partial charge >= 0.3 is 0 Å². The van der Waals surface area contributed by atoms with E-state index < -0.39 is 0 Å². The normalized spacial score (nSPS) is 10.3. The predicted molar refractivity (Wildman–Crippen MR) is 66.2 cm³/mol. The molecule has 2 aromatic heterocycles. The van der Waals surface area contributed by atoms with Crippen molar-refractivity contribution in [1.29, 1.82) is 0 Å². The van der Waals surface area contributed by atoms with Crippen molar-refractivity contribution in [3.63, 3.8) is 0 Å². The lowest BCUT2D eigenvalue weighted by Crippen LogP contribution is -2.09. The maximum absolute atomic E-state index is 5.03. The molecule has 0 unspecified atom stereocenters. The van der Waals surface area contributed by atoms with Crippen LogP contribution in [0.15, 0.2) is 18.7 Å². The lowest BCUT2D eigenvalue weighted by molar-refractivity contribution is 0.397. The second-order valence-corrected chi connectivity index (χ2v) is 3.74. The Morgan fingerprint density at radius 1 is 1.39 bits per heavy atom. The van der Waals surface area contributed by atoms with Crippen molar-refractivity contribution in [2.24, 2.45) is 0 Å². The fourth-order valence-corrected chi connectivity index (χ4v) is 1.56. The molecule has 2 rings (SSSR count). The molecule has 2 heterocycles. The molecule has 1 N–H and O–H groups in total. The highest BCUT2D eigenvalue weighted by atomic mass is 16.5. The standard InChI is InChI=1S/C11H16N6O/c1-3-4-17-8-15-16-10(17)6-12-9-5-11(18-2)14-7-13-9/h5,7-8H,3-4,6H2,1-2H3,(H,12,13,14). The van der Waals surface area contributed by atoms with Crippen LogP contribution < -0.4 is 10.1 Å². The summed E-state index contributed by atoms with van der Waals surface area (Å²) in [5.74, 6) is 2.12. The third-order valence-corrected chi connectivity index (χ3v) is 2.44. The van der Waals surface area contributed by atoms with Crippen LogP contribution in [0.5, 0.6) is 5.88 Å². The first kappa shape index (κ1) is 12.3. The summed E-state index contributed by atoms with van der Waals surface area (Å²) >= 11 is 0. The Balaban J connectivity index is 1.99. The van der Waals surface area contributed by atoms with Gasteiger partial charge in [0.2, 0.25) is 5.88 Å². The third-order valence-electron chi connectivity index (χ3n) is 2.44. The minimum atomic E-state index is 0.530. The molecule has 7 nitrogen and oxygen atoms in total. The molecule has 18 heavy (non-hydrogen) atoms. The van der Waals surface area contributed by atoms with Crippen molar-refractivity contribution in [3.05, 3.63) is 24.5 Å². The van der Waals surface area contributed by atoms with E-state index in [1.807, 2.05) is 4.57 Å². The largest absolute Gasteiger partial charge is 0.481 e. The number of aromatic nitrogens is 5. The van der Waals surface area contributed by atoms with E-state index in [0.29, 0.717) is 18.2 Å². The number of hydrogen-bond acceptors (Lipinski definition) is 6. The highest BCUT2D eigenvalue weighted by Gasteiger charge is 2.04. The summed E-state index contributed by atoms with van der Waals surface area (Å²) < 4.78 is 7.05. The molecule has 0 bridgehead atoms. The molecular weight excluding hydrogens is 232 g/mol. The highest BCUT2D eigenvalue weighted by molar-refractivity contribution is 5.37. The second kappa shape index (κ2) is 5.95. The minimum absolute atomic E-state index is 0.530. The first-order valence-corrected chi connectivity index (χ1v) is 5.80. The van der Waals surface area contributed by atoms with Crippen LogP contribution in [0.3, 0.4) is 0 Å². The molecule has 0 aliphatic rings. The molecule has 96 valence electrons. The fraction of sp³-hybridized carbons (Fsp3) is 0.455. The Morgan fingerprint density at radius 3 is 3.06 bits per heavy atom. The maximum Gasteiger partial charge on any atom is 0.218 e. The molecular formula is C11H16N6O. The Morgan fingerprint density at radius 2 is 2.28 bits per heavy atom. The predicted octanol–water partition coefficient (Wildman–Crippen LogP) is 1.10. The quantitative estimate of drug-likeness (QED) is 0.824. The van der Waals surface area contributed by atoms with E-state index in [1.54, 1.807) is 19.5 Å². The van der Waals surface area contributed by atoms with Gasteiger partial charge < -0.3 is 14.6 Å². The zero-order valence-electron chi connectivity index (χ0n) is 10.5. The van der Waals surface area contributed by atoms with Crippen molar-refractivity contribution in [2.75, 3.05) is 12.4 Å². The van der Waals surface area contributed by atoms with E-state index in [0.717, 1.165) is 18.8 Å². The summed E-state index contributed by atoms with van der Waals surface area (Å²) in [5, 5.41) is 11.1. The number of rotatable bonds is 6. The summed E-state index contributed by atoms with van der Waals surface area (Å²) in [6, 6.07) is 1.74. The number of methoxy groups -OCH3 is 1. The van der Waals surface area contributed by atoms with Gasteiger partial charge in [0, 0.05) is 12.6 Å². The Hall–Kier alpha value is -2.18. The average molecular weight is 248 g/mol. The molecule has 0 saturated heterocycles. The Labute approximate surface area is 105 Å². The van der Waals surface area contributed by atoms with Crippen LogP contribution in [-0.2, 0) is 13.1 Å². The van der Waals surface area contributed by atoms with Crippen LogP contribution in [0.1, 0.15) is 19.2 Å². The highest BCUT2D eigenvalue weighted by Crippen LogP contribution is 2.11. The first-order valence-electron chi connectivity index (χ1n) is 5.80. The van der Waals surface area contributed by atoms with Crippen LogP contribution in [0.2, 0.25) is 0 Å². The van der Waals surface area contributed by atoms with E-state index in [2.05, 4.69) is 32.4 Å². The second-order valence-electron chi connectivity index (χ2n) is 3.74. The Kier molecular flexibility index (Phi) is 4.06. The molecule has 0 atom stereocenters. The number of ether oxygens (including phenoxy) is 1. The van der Waals surface area contributed by atoms with E-state index >= 15 is 0 Å². The summed E-state index contributed by atoms with van der Waals surface area (Å²) in [5.41, 5.74) is 0. The molecule has 0 aliphatic carbocycles. The zero-order chi connectivity index (χ0) is 12.8. The molecule has 7 heteroatoms. The van der Waals surface area contributed by atoms with Gasteiger partial charge in [0.1, 0.15) is 18.5 Å². The molecule has 0 saturated carbocycles. The van der Waals surface area contributed by atoms with Crippen LogP contribution in [-0.4, -0.2) is 31.8 Å². The van der Waals surface area contributed by atoms with E-state index in [9.17, 15) is 0 Å². The first-order chi connectivity index (χ1) is 8.83. The SMILES string of the molecule is CCCn1cnnc1CNc1cc(OC)ncn1. The van der Waals surface area contributed by atoms with Crippen LogP contribution >= 0.6 is 0 Å². The van der Waals surface area contributed by atoms with E-state index in [-0.39, 0.29) is 0 Å². The fourth-order valence-electron chi connectivity index (χ4n) is 1.56. The van der Waals surface area contributed by atoms with Crippen molar-refractivity contribution < 1.29 is 4.74 Å². The van der Waals surface area contributed by atoms with Gasteiger partial charge in [-0.15, -0.1) is 10.2 Å². The molecule has 0 aliphatic heterocycles. The van der Waals surface area contributed by atoms with Gasteiger partial charge in [0.25, 0.3) is 0 Å². The van der Waals surface area contributed by atoms with Gasteiger partial charge in [-0.05, 0) is 6.42 Å². The van der Waals surface area contributed by atoms with E-state index in [1.165, 1.54) is 6.33 Å². The maximum atomic E-state index is 5.03. The van der Waals surface area contributed by atoms with Gasteiger partial charge in [0.15, 0.2) is 5.82 Å². The lowest BCUT2D eigenvalue weighted by atomic mass is 10.4. The van der Waals surface area contributed by atoms with Crippen LogP contribution in [0.25, 0.3) is 0 Å². The molecule has 0 fully saturated rings. The van der Waals surface area contributed by atoms with Crippen molar-refractivity contribution >= 4 is 5.82 Å². The summed E-state index contributed by atoms with van der Waals surface area (Å²) in [4.78, 5) is 8.05. The van der Waals surface area contributed by atoms with Crippen LogP contribution in [0, 0.1) is 0 Å².